The number of rotatable bonds is 8. The SMILES string of the molecule is COc1cc(C=O)ccc1OCCSc1nnc(-c2ccccc2)n1C. The number of benzene rings is 2. The molecule has 6 nitrogen and oxygen atoms in total. The van der Waals surface area contributed by atoms with E-state index >= 15 is 0 Å². The van der Waals surface area contributed by atoms with Gasteiger partial charge in [0.15, 0.2) is 22.5 Å². The predicted molar refractivity (Wildman–Crippen MR) is 101 cm³/mol. The molecule has 0 unspecified atom stereocenters. The van der Waals surface area contributed by atoms with E-state index in [2.05, 4.69) is 10.2 Å². The van der Waals surface area contributed by atoms with Crippen LogP contribution < -0.4 is 9.47 Å². The first-order valence-electron chi connectivity index (χ1n) is 8.06. The predicted octanol–water partition coefficient (Wildman–Crippen LogP) is 3.47. The molecule has 3 rings (SSSR count). The molecule has 134 valence electrons. The topological polar surface area (TPSA) is 66.2 Å². The van der Waals surface area contributed by atoms with Crippen LogP contribution in [-0.4, -0.2) is 40.5 Å². The lowest BCUT2D eigenvalue weighted by Crippen LogP contribution is -2.03. The molecule has 0 saturated heterocycles. The summed E-state index contributed by atoms with van der Waals surface area (Å²) in [6.45, 7) is 0.481. The largest absolute Gasteiger partial charge is 0.493 e. The van der Waals surface area contributed by atoms with Gasteiger partial charge in [-0.2, -0.15) is 0 Å². The number of aldehydes is 1. The van der Waals surface area contributed by atoms with E-state index in [1.165, 1.54) is 0 Å². The number of thioether (sulfide) groups is 1. The molecule has 0 radical (unpaired) electrons. The van der Waals surface area contributed by atoms with Crippen LogP contribution in [0.15, 0.2) is 53.7 Å². The molecular weight excluding hydrogens is 350 g/mol. The Balaban J connectivity index is 1.58. The van der Waals surface area contributed by atoms with Crippen molar-refractivity contribution in [3.8, 4) is 22.9 Å². The first-order chi connectivity index (χ1) is 12.7. The van der Waals surface area contributed by atoms with E-state index < -0.39 is 0 Å². The van der Waals surface area contributed by atoms with Gasteiger partial charge in [0, 0.05) is 23.9 Å². The number of carbonyl (C=O) groups is 1. The Morgan fingerprint density at radius 3 is 2.65 bits per heavy atom. The fourth-order valence-electron chi connectivity index (χ4n) is 2.44. The smallest absolute Gasteiger partial charge is 0.191 e. The Labute approximate surface area is 156 Å². The van der Waals surface area contributed by atoms with E-state index in [9.17, 15) is 4.79 Å². The van der Waals surface area contributed by atoms with E-state index in [-0.39, 0.29) is 0 Å². The zero-order valence-corrected chi connectivity index (χ0v) is 15.4. The molecule has 0 saturated carbocycles. The number of hydrogen-bond donors (Lipinski definition) is 0. The lowest BCUT2D eigenvalue weighted by molar-refractivity contribution is 0.112. The first kappa shape index (κ1) is 18.0. The summed E-state index contributed by atoms with van der Waals surface area (Å²) >= 11 is 1.57. The van der Waals surface area contributed by atoms with Crippen molar-refractivity contribution in [1.29, 1.82) is 0 Å². The van der Waals surface area contributed by atoms with E-state index in [1.807, 2.05) is 41.9 Å². The van der Waals surface area contributed by atoms with Crippen molar-refractivity contribution in [2.75, 3.05) is 19.5 Å². The lowest BCUT2D eigenvalue weighted by atomic mass is 10.2. The van der Waals surface area contributed by atoms with Gasteiger partial charge in [0.05, 0.1) is 13.7 Å². The van der Waals surface area contributed by atoms with Crippen LogP contribution in [0.1, 0.15) is 10.4 Å². The van der Waals surface area contributed by atoms with Crippen molar-refractivity contribution in [3.63, 3.8) is 0 Å². The van der Waals surface area contributed by atoms with Crippen LogP contribution in [0.4, 0.5) is 0 Å². The zero-order chi connectivity index (χ0) is 18.4. The Morgan fingerprint density at radius 2 is 1.92 bits per heavy atom. The van der Waals surface area contributed by atoms with Crippen LogP contribution >= 0.6 is 11.8 Å². The molecule has 0 N–H and O–H groups in total. The van der Waals surface area contributed by atoms with Crippen molar-refractivity contribution in [2.45, 2.75) is 5.16 Å². The molecule has 0 fully saturated rings. The maximum absolute atomic E-state index is 10.8. The third-order valence-electron chi connectivity index (χ3n) is 3.76. The Morgan fingerprint density at radius 1 is 1.12 bits per heavy atom. The Bertz CT molecular complexity index is 881. The number of carbonyl (C=O) groups excluding carboxylic acids is 1. The number of nitrogens with zero attached hydrogens (tertiary/aromatic N) is 3. The number of methoxy groups -OCH3 is 1. The Kier molecular flexibility index (Phi) is 5.91. The summed E-state index contributed by atoms with van der Waals surface area (Å²) in [4.78, 5) is 10.8. The molecule has 7 heteroatoms. The highest BCUT2D eigenvalue weighted by molar-refractivity contribution is 7.99. The van der Waals surface area contributed by atoms with E-state index in [0.29, 0.717) is 29.4 Å². The summed E-state index contributed by atoms with van der Waals surface area (Å²) in [6.07, 6.45) is 0.778. The summed E-state index contributed by atoms with van der Waals surface area (Å²) in [5.74, 6) is 2.70. The normalized spacial score (nSPS) is 10.5. The quantitative estimate of drug-likeness (QED) is 0.344. The average Bonchev–Trinajstić information content (AvgIpc) is 3.06. The second-order valence-corrected chi connectivity index (χ2v) is 6.52. The van der Waals surface area contributed by atoms with Gasteiger partial charge in [-0.25, -0.2) is 0 Å². The fraction of sp³-hybridized carbons (Fsp3) is 0.211. The van der Waals surface area contributed by atoms with Gasteiger partial charge in [0.2, 0.25) is 0 Å². The highest BCUT2D eigenvalue weighted by atomic mass is 32.2. The highest BCUT2D eigenvalue weighted by Crippen LogP contribution is 2.28. The second kappa shape index (κ2) is 8.53. The summed E-state index contributed by atoms with van der Waals surface area (Å²) in [7, 11) is 3.50. The van der Waals surface area contributed by atoms with Crippen LogP contribution in [0.25, 0.3) is 11.4 Å². The van der Waals surface area contributed by atoms with Gasteiger partial charge < -0.3 is 14.0 Å². The van der Waals surface area contributed by atoms with Gasteiger partial charge in [-0.3, -0.25) is 4.79 Å². The van der Waals surface area contributed by atoms with Gasteiger partial charge in [-0.15, -0.1) is 10.2 Å². The van der Waals surface area contributed by atoms with Crippen LogP contribution in [-0.2, 0) is 7.05 Å². The van der Waals surface area contributed by atoms with E-state index in [4.69, 9.17) is 9.47 Å². The zero-order valence-electron chi connectivity index (χ0n) is 14.6. The first-order valence-corrected chi connectivity index (χ1v) is 9.05. The van der Waals surface area contributed by atoms with Crippen molar-refractivity contribution in [2.24, 2.45) is 7.05 Å². The van der Waals surface area contributed by atoms with Gasteiger partial charge in [0.1, 0.15) is 6.29 Å². The summed E-state index contributed by atoms with van der Waals surface area (Å²) in [6, 6.07) is 15.1. The summed E-state index contributed by atoms with van der Waals surface area (Å²) in [5, 5.41) is 9.35. The van der Waals surface area contributed by atoms with E-state index in [1.54, 1.807) is 37.1 Å². The third kappa shape index (κ3) is 4.05. The van der Waals surface area contributed by atoms with Crippen molar-refractivity contribution in [1.82, 2.24) is 14.8 Å². The molecule has 0 spiro atoms. The molecule has 0 bridgehead atoms. The van der Waals surface area contributed by atoms with Gasteiger partial charge in [-0.1, -0.05) is 42.1 Å². The van der Waals surface area contributed by atoms with Crippen LogP contribution in [0.3, 0.4) is 0 Å². The van der Waals surface area contributed by atoms with Gasteiger partial charge >= 0.3 is 0 Å². The minimum Gasteiger partial charge on any atom is -0.493 e. The number of hydrogen-bond acceptors (Lipinski definition) is 6. The molecule has 0 atom stereocenters. The highest BCUT2D eigenvalue weighted by Gasteiger charge is 2.11. The fourth-order valence-corrected chi connectivity index (χ4v) is 3.17. The molecule has 1 heterocycles. The molecule has 2 aromatic carbocycles. The maximum atomic E-state index is 10.8. The van der Waals surface area contributed by atoms with Crippen molar-refractivity contribution in [3.05, 3.63) is 54.1 Å². The molecule has 0 aliphatic carbocycles. The molecule has 26 heavy (non-hydrogen) atoms. The third-order valence-corrected chi connectivity index (χ3v) is 4.75. The van der Waals surface area contributed by atoms with Crippen LogP contribution in [0, 0.1) is 0 Å². The number of ether oxygens (including phenoxy) is 2. The summed E-state index contributed by atoms with van der Waals surface area (Å²) < 4.78 is 13.0. The molecule has 3 aromatic rings. The number of aromatic nitrogens is 3. The average molecular weight is 369 g/mol. The standard InChI is InChI=1S/C19H19N3O3S/c1-22-18(15-6-4-3-5-7-15)20-21-19(22)26-11-10-25-16-9-8-14(13-23)12-17(16)24-2/h3-9,12-13H,10-11H2,1-2H3. The minimum absolute atomic E-state index is 0.481. The molecule has 0 aliphatic rings. The maximum Gasteiger partial charge on any atom is 0.191 e. The van der Waals surface area contributed by atoms with Gasteiger partial charge in [-0.05, 0) is 18.2 Å². The van der Waals surface area contributed by atoms with Crippen LogP contribution in [0.2, 0.25) is 0 Å². The van der Waals surface area contributed by atoms with Gasteiger partial charge in [0.25, 0.3) is 0 Å². The van der Waals surface area contributed by atoms with Crippen LogP contribution in [0.5, 0.6) is 11.5 Å². The lowest BCUT2D eigenvalue weighted by Gasteiger charge is -2.10. The molecule has 0 amide bonds. The van der Waals surface area contributed by atoms with E-state index in [0.717, 1.165) is 22.8 Å². The second-order valence-electron chi connectivity index (χ2n) is 5.46. The summed E-state index contributed by atoms with van der Waals surface area (Å²) in [5.41, 5.74) is 1.58. The Hall–Kier alpha value is -2.80. The van der Waals surface area contributed by atoms with Crippen molar-refractivity contribution < 1.29 is 14.3 Å². The molecular formula is C19H19N3O3S. The van der Waals surface area contributed by atoms with Crippen molar-refractivity contribution >= 4 is 18.0 Å². The molecule has 0 aliphatic heterocycles. The minimum atomic E-state index is 0.481. The monoisotopic (exact) mass is 369 g/mol. The molecule has 1 aromatic heterocycles.